The van der Waals surface area contributed by atoms with Crippen molar-refractivity contribution in [3.63, 3.8) is 0 Å². The summed E-state index contributed by atoms with van der Waals surface area (Å²) in [6, 6.07) is 16.8. The van der Waals surface area contributed by atoms with Crippen LogP contribution in [0.15, 0.2) is 85.3 Å². The first kappa shape index (κ1) is 65.9. The van der Waals surface area contributed by atoms with Gasteiger partial charge in [0.05, 0.1) is 43.3 Å². The molecule has 6 aromatic rings. The number of nitrogens with two attached hydrogens (primary N) is 1. The molecule has 9 rings (SSSR count). The van der Waals surface area contributed by atoms with Crippen LogP contribution in [0.5, 0.6) is 17.4 Å². The van der Waals surface area contributed by atoms with E-state index in [-0.39, 0.29) is 118 Å². The molecule has 7 amide bonds. The summed E-state index contributed by atoms with van der Waals surface area (Å²) in [6.07, 6.45) is 9.48. The highest BCUT2D eigenvalue weighted by molar-refractivity contribution is 6.01. The van der Waals surface area contributed by atoms with Gasteiger partial charge in [0.15, 0.2) is 6.61 Å². The van der Waals surface area contributed by atoms with Gasteiger partial charge in [-0.05, 0) is 124 Å². The van der Waals surface area contributed by atoms with Crippen LogP contribution in [0.2, 0.25) is 0 Å². The number of aliphatic carboxylic acids is 1. The summed E-state index contributed by atoms with van der Waals surface area (Å²) in [5.74, 6) is -2.73. The van der Waals surface area contributed by atoms with Crippen molar-refractivity contribution >= 4 is 53.0 Å². The SMILES string of the molecule is Cc1n[nH]c(C)c1-c1ccc(NC(=O)[C@@H](NC(=O)c2ccnn2CCCNC(=O)Cn2cc(COCC(=O)N3CC(OCCN(CC(N)=O)C(=O)COc4cccc(Oc5ccc(C(=O)N[C@@H](CCC(C)(C)C)C(=O)O)cn5)c4)C3)nn2)C(C2CC2)C2CC2)cc1. The Labute approximate surface area is 525 Å². The third kappa shape index (κ3) is 19.2. The van der Waals surface area contributed by atoms with E-state index < -0.39 is 48.3 Å². The van der Waals surface area contributed by atoms with Gasteiger partial charge in [0.25, 0.3) is 17.7 Å². The van der Waals surface area contributed by atoms with E-state index in [0.717, 1.165) is 48.2 Å². The normalized spacial score (nSPS) is 14.6. The predicted octanol–water partition coefficient (Wildman–Crippen LogP) is 4.19. The van der Waals surface area contributed by atoms with Gasteiger partial charge < -0.3 is 60.9 Å². The van der Waals surface area contributed by atoms with Crippen molar-refractivity contribution < 1.29 is 62.4 Å². The summed E-state index contributed by atoms with van der Waals surface area (Å²) in [5.41, 5.74) is 10.7. The van der Waals surface area contributed by atoms with E-state index in [2.05, 4.69) is 51.9 Å². The third-order valence-electron chi connectivity index (χ3n) is 15.8. The van der Waals surface area contributed by atoms with Crippen LogP contribution in [0.25, 0.3) is 11.1 Å². The van der Waals surface area contributed by atoms with Crippen LogP contribution in [-0.2, 0) is 57.9 Å². The molecule has 2 aromatic carbocycles. The number of anilines is 1. The van der Waals surface area contributed by atoms with E-state index in [4.69, 9.17) is 24.7 Å². The maximum absolute atomic E-state index is 14.1. The number of ether oxygens (including phenoxy) is 4. The maximum Gasteiger partial charge on any atom is 0.326 e. The number of amides is 7. The van der Waals surface area contributed by atoms with Crippen molar-refractivity contribution in [3.8, 4) is 28.5 Å². The van der Waals surface area contributed by atoms with Gasteiger partial charge in [-0.1, -0.05) is 44.2 Å². The van der Waals surface area contributed by atoms with E-state index in [0.29, 0.717) is 54.0 Å². The van der Waals surface area contributed by atoms with Gasteiger partial charge in [-0.2, -0.15) is 10.2 Å². The van der Waals surface area contributed by atoms with Crippen LogP contribution < -0.4 is 36.5 Å². The minimum atomic E-state index is -1.13. The van der Waals surface area contributed by atoms with E-state index >= 15 is 0 Å². The molecule has 0 radical (unpaired) electrons. The number of hydrogen-bond donors (Lipinski definition) is 7. The fourth-order valence-electron chi connectivity index (χ4n) is 10.7. The molecule has 3 aliphatic rings. The first-order chi connectivity index (χ1) is 43.6. The van der Waals surface area contributed by atoms with Gasteiger partial charge in [-0.25, -0.2) is 14.5 Å². The maximum atomic E-state index is 14.1. The molecule has 0 spiro atoms. The molecule has 0 bridgehead atoms. The number of nitrogens with zero attached hydrogens (tertiary/aromatic N) is 9. The summed E-state index contributed by atoms with van der Waals surface area (Å²) < 4.78 is 26.0. The second-order valence-corrected chi connectivity index (χ2v) is 24.4. The fraction of sp³-hybridized carbons (Fsp3) is 0.476. The van der Waals surface area contributed by atoms with Crippen LogP contribution in [0, 0.1) is 37.0 Å². The predicted molar refractivity (Wildman–Crippen MR) is 328 cm³/mol. The van der Waals surface area contributed by atoms with Crippen LogP contribution in [-0.4, -0.2) is 173 Å². The molecule has 0 unspecified atom stereocenters. The lowest BCUT2D eigenvalue weighted by molar-refractivity contribution is -0.151. The Balaban J connectivity index is 0.636. The number of rotatable bonds is 34. The number of aromatic amines is 1. The Morgan fingerprint density at radius 1 is 0.901 bits per heavy atom. The number of carboxylic acid groups (broad SMARTS) is 1. The first-order valence-corrected chi connectivity index (χ1v) is 30.5. The Hall–Kier alpha value is -9.57. The summed E-state index contributed by atoms with van der Waals surface area (Å²) in [4.78, 5) is 110. The number of aromatic nitrogens is 8. The number of pyridine rings is 1. The minimum absolute atomic E-state index is 0.0182. The van der Waals surface area contributed by atoms with Gasteiger partial charge in [0, 0.05) is 74.2 Å². The summed E-state index contributed by atoms with van der Waals surface area (Å²) in [6.45, 7) is 9.91. The van der Waals surface area contributed by atoms with Gasteiger partial charge in [0.2, 0.25) is 29.5 Å². The molecule has 4 aromatic heterocycles. The molecule has 2 aliphatic carbocycles. The molecule has 28 nitrogen and oxygen atoms in total. The zero-order valence-corrected chi connectivity index (χ0v) is 51.7. The second kappa shape index (κ2) is 30.3. The van der Waals surface area contributed by atoms with Crippen molar-refractivity contribution in [1.82, 2.24) is 65.7 Å². The van der Waals surface area contributed by atoms with Gasteiger partial charge >= 0.3 is 5.97 Å². The number of H-pyrrole nitrogens is 1. The number of hydrogen-bond acceptors (Lipinski definition) is 17. The van der Waals surface area contributed by atoms with Crippen molar-refractivity contribution in [3.05, 3.63) is 114 Å². The Morgan fingerprint density at radius 2 is 1.65 bits per heavy atom. The van der Waals surface area contributed by atoms with E-state index in [1.54, 1.807) is 46.2 Å². The van der Waals surface area contributed by atoms with Crippen molar-refractivity contribution in [2.75, 3.05) is 57.9 Å². The van der Waals surface area contributed by atoms with Gasteiger partial charge in [-0.3, -0.25) is 43.3 Å². The Kier molecular flexibility index (Phi) is 21.9. The molecular formula is C63H79N15O13. The zero-order chi connectivity index (χ0) is 64.8. The Bertz CT molecular complexity index is 3500. The Morgan fingerprint density at radius 3 is 2.32 bits per heavy atom. The molecule has 1 aliphatic heterocycles. The van der Waals surface area contributed by atoms with E-state index in [9.17, 15) is 43.5 Å². The minimum Gasteiger partial charge on any atom is -0.484 e. The molecular weight excluding hydrogens is 1170 g/mol. The third-order valence-corrected chi connectivity index (χ3v) is 15.8. The highest BCUT2D eigenvalue weighted by atomic mass is 16.5. The number of benzene rings is 2. The zero-order valence-electron chi connectivity index (χ0n) is 51.7. The topological polar surface area (TPSA) is 364 Å². The molecule has 28 heteroatoms. The highest BCUT2D eigenvalue weighted by Gasteiger charge is 2.48. The molecule has 91 heavy (non-hydrogen) atoms. The van der Waals surface area contributed by atoms with Crippen molar-refractivity contribution in [1.29, 1.82) is 0 Å². The number of carboxylic acids is 1. The number of primary amides is 1. The summed E-state index contributed by atoms with van der Waals surface area (Å²) >= 11 is 0. The van der Waals surface area contributed by atoms with Crippen LogP contribution in [0.4, 0.5) is 5.69 Å². The molecule has 8 N–H and O–H groups in total. The molecule has 1 saturated heterocycles. The van der Waals surface area contributed by atoms with Crippen LogP contribution in [0.3, 0.4) is 0 Å². The highest BCUT2D eigenvalue weighted by Crippen LogP contribution is 2.51. The lowest BCUT2D eigenvalue weighted by Gasteiger charge is -2.39. The lowest BCUT2D eigenvalue weighted by Crippen LogP contribution is -2.56. The molecule has 5 heterocycles. The molecule has 3 fully saturated rings. The average molecular weight is 1250 g/mol. The number of carbonyl (C=O) groups excluding carboxylic acids is 7. The van der Waals surface area contributed by atoms with Crippen molar-refractivity contribution in [2.45, 2.75) is 117 Å². The van der Waals surface area contributed by atoms with Crippen LogP contribution >= 0.6 is 0 Å². The van der Waals surface area contributed by atoms with Gasteiger partial charge in [0.1, 0.15) is 48.1 Å². The number of aryl methyl sites for hydroxylation is 3. The van der Waals surface area contributed by atoms with E-state index in [1.807, 2.05) is 58.9 Å². The quantitative estimate of drug-likeness (QED) is 0.0278. The fourth-order valence-corrected chi connectivity index (χ4v) is 10.7. The largest absolute Gasteiger partial charge is 0.484 e. The lowest BCUT2D eigenvalue weighted by atomic mass is 9.88. The second-order valence-electron chi connectivity index (χ2n) is 24.4. The number of nitrogens with one attached hydrogen (secondary N) is 5. The summed E-state index contributed by atoms with van der Waals surface area (Å²) in [5, 5.41) is 40.9. The standard InChI is InChI=1S/C63H79N15O13/c1-38-56(39(2)72-71-38)40-14-17-44(18-15-40)68-61(85)58(57(41-10-11-41)42-12-13-42)70-60(84)50-21-24-67-78(50)25-7-23-65-52(80)34-77-30-45(73-74-77)35-88-36-54(81)76-31-48(32-76)89-27-26-75(33-51(64)79)55(82)37-90-46-8-6-9-47(28-46)91-53-19-16-43(29-66-53)59(83)69-49(62(86)87)20-22-63(3,4)5/h6,8-9,14-19,21,24,28-30,41-42,48-49,57-58H,7,10-13,20,22-23,25-27,31-37H2,1-5H3,(H2,64,79)(H,65,80)(H,68,85)(H,69,83)(H,70,84)(H,71,72)(H,86,87)/t49-,58-/m0/s1. The summed E-state index contributed by atoms with van der Waals surface area (Å²) in [7, 11) is 0. The molecule has 2 saturated carbocycles. The monoisotopic (exact) mass is 1250 g/mol. The van der Waals surface area contributed by atoms with Crippen molar-refractivity contribution in [2.24, 2.45) is 28.9 Å². The van der Waals surface area contributed by atoms with E-state index in [1.165, 1.54) is 34.0 Å². The van der Waals surface area contributed by atoms with Crippen LogP contribution in [0.1, 0.15) is 104 Å². The molecule has 484 valence electrons. The number of carbonyl (C=O) groups is 8. The average Bonchev–Trinajstić information content (AvgIpc) is 1.67. The van der Waals surface area contributed by atoms with Gasteiger partial charge in [-0.15, -0.1) is 5.10 Å². The molecule has 2 atom stereocenters. The smallest absolute Gasteiger partial charge is 0.326 e. The first-order valence-electron chi connectivity index (χ1n) is 30.5. The number of likely N-dealkylation sites (tertiary alicyclic amines) is 1.